The Morgan fingerprint density at radius 2 is 1.82 bits per heavy atom. The maximum absolute atomic E-state index is 13.0. The average molecular weight is 534 g/mol. The van der Waals surface area contributed by atoms with E-state index in [-0.39, 0.29) is 29.2 Å². The third-order valence-corrected chi connectivity index (χ3v) is 6.96. The van der Waals surface area contributed by atoms with Crippen LogP contribution < -0.4 is 14.8 Å². The highest BCUT2D eigenvalue weighted by molar-refractivity contribution is 7.92. The minimum atomic E-state index is -4.01. The van der Waals surface area contributed by atoms with Crippen LogP contribution in [0.5, 0.6) is 11.6 Å². The highest BCUT2D eigenvalue weighted by Crippen LogP contribution is 2.32. The number of amides is 1. The van der Waals surface area contributed by atoms with Crippen molar-refractivity contribution in [2.75, 3.05) is 11.3 Å². The van der Waals surface area contributed by atoms with Gasteiger partial charge in [0.15, 0.2) is 0 Å². The van der Waals surface area contributed by atoms with Crippen molar-refractivity contribution in [2.24, 2.45) is 7.05 Å². The molecule has 2 heterocycles. The standard InChI is InChI=1S/C26H27N7O4S/c1-16-6-5-7-17(2)24(16)21-13-23(31-26(30-21)32-38(35,36)20-14-29-33(4)15-20)37-22-9-8-19(12-18(22)3)25(34)28-11-10-27/h5-10,12-15,27H,11H2,1-4H3,(H,28,34)(H,30,31,32). The number of carbonyl (C=O) groups is 1. The second-order valence-electron chi connectivity index (χ2n) is 8.63. The van der Waals surface area contributed by atoms with Crippen molar-refractivity contribution in [2.45, 2.75) is 25.7 Å². The molecule has 2 aromatic carbocycles. The molecule has 0 aliphatic rings. The number of hydrogen-bond donors (Lipinski definition) is 3. The summed E-state index contributed by atoms with van der Waals surface area (Å²) in [5.74, 6) is 0.0744. The van der Waals surface area contributed by atoms with Gasteiger partial charge in [0.25, 0.3) is 15.9 Å². The molecule has 4 aromatic rings. The Morgan fingerprint density at radius 3 is 2.45 bits per heavy atom. The summed E-state index contributed by atoms with van der Waals surface area (Å²) in [6.07, 6.45) is 3.71. The molecule has 0 aliphatic carbocycles. The minimum absolute atomic E-state index is 0.0312. The first-order chi connectivity index (χ1) is 18.1. The lowest BCUT2D eigenvalue weighted by Gasteiger charge is -2.14. The monoisotopic (exact) mass is 533 g/mol. The number of ether oxygens (including phenoxy) is 1. The Hall–Kier alpha value is -4.58. The molecule has 0 saturated carbocycles. The molecule has 1 amide bonds. The van der Waals surface area contributed by atoms with E-state index < -0.39 is 10.0 Å². The summed E-state index contributed by atoms with van der Waals surface area (Å²) < 4.78 is 35.8. The van der Waals surface area contributed by atoms with Gasteiger partial charge in [-0.15, -0.1) is 0 Å². The Bertz CT molecular complexity index is 1610. The number of rotatable bonds is 9. The molecule has 196 valence electrons. The molecule has 11 nitrogen and oxygen atoms in total. The Kier molecular flexibility index (Phi) is 7.53. The van der Waals surface area contributed by atoms with E-state index in [0.717, 1.165) is 22.9 Å². The summed E-state index contributed by atoms with van der Waals surface area (Å²) >= 11 is 0. The number of anilines is 1. The fraction of sp³-hybridized carbons (Fsp3) is 0.192. The van der Waals surface area contributed by atoms with Gasteiger partial charge < -0.3 is 15.5 Å². The molecule has 3 N–H and O–H groups in total. The van der Waals surface area contributed by atoms with Gasteiger partial charge in [-0.1, -0.05) is 18.2 Å². The van der Waals surface area contributed by atoms with Gasteiger partial charge in [0, 0.05) is 36.7 Å². The number of benzene rings is 2. The van der Waals surface area contributed by atoms with E-state index in [1.165, 1.54) is 17.1 Å². The fourth-order valence-electron chi connectivity index (χ4n) is 3.85. The predicted molar refractivity (Wildman–Crippen MR) is 143 cm³/mol. The minimum Gasteiger partial charge on any atom is -0.439 e. The smallest absolute Gasteiger partial charge is 0.267 e. The van der Waals surface area contributed by atoms with Crippen molar-refractivity contribution in [1.82, 2.24) is 25.1 Å². The molecule has 2 aromatic heterocycles. The number of aryl methyl sites for hydroxylation is 4. The number of carbonyl (C=O) groups excluding carboxylic acids is 1. The molecular formula is C26H27N7O4S. The molecule has 0 aliphatic heterocycles. The number of sulfonamides is 1. The van der Waals surface area contributed by atoms with Gasteiger partial charge in [-0.05, 0) is 55.7 Å². The van der Waals surface area contributed by atoms with Gasteiger partial charge in [0.2, 0.25) is 11.8 Å². The lowest BCUT2D eigenvalue weighted by molar-refractivity contribution is 0.0959. The predicted octanol–water partition coefficient (Wildman–Crippen LogP) is 3.77. The first-order valence-electron chi connectivity index (χ1n) is 11.6. The van der Waals surface area contributed by atoms with E-state index in [4.69, 9.17) is 10.1 Å². The first kappa shape index (κ1) is 26.5. The van der Waals surface area contributed by atoms with Crippen molar-refractivity contribution in [3.8, 4) is 22.9 Å². The fourth-order valence-corrected chi connectivity index (χ4v) is 4.78. The first-order valence-corrected chi connectivity index (χ1v) is 13.1. The number of hydrogen-bond acceptors (Lipinski definition) is 8. The molecular weight excluding hydrogens is 506 g/mol. The van der Waals surface area contributed by atoms with Gasteiger partial charge in [-0.2, -0.15) is 10.1 Å². The van der Waals surface area contributed by atoms with Crippen LogP contribution in [0.3, 0.4) is 0 Å². The van der Waals surface area contributed by atoms with Crippen molar-refractivity contribution in [3.63, 3.8) is 0 Å². The van der Waals surface area contributed by atoms with E-state index >= 15 is 0 Å². The van der Waals surface area contributed by atoms with Crippen molar-refractivity contribution >= 4 is 28.1 Å². The second kappa shape index (κ2) is 10.8. The van der Waals surface area contributed by atoms with Gasteiger partial charge in [-0.25, -0.2) is 18.1 Å². The molecule has 0 fully saturated rings. The van der Waals surface area contributed by atoms with Crippen LogP contribution >= 0.6 is 0 Å². The van der Waals surface area contributed by atoms with E-state index in [0.29, 0.717) is 22.6 Å². The van der Waals surface area contributed by atoms with Gasteiger partial charge in [-0.3, -0.25) is 9.48 Å². The lowest BCUT2D eigenvalue weighted by atomic mass is 10.00. The zero-order valence-corrected chi connectivity index (χ0v) is 22.1. The van der Waals surface area contributed by atoms with Crippen LogP contribution in [-0.2, 0) is 17.1 Å². The summed E-state index contributed by atoms with van der Waals surface area (Å²) in [6.45, 7) is 5.80. The molecule has 0 spiro atoms. The summed E-state index contributed by atoms with van der Waals surface area (Å²) in [6, 6.07) is 12.3. The van der Waals surface area contributed by atoms with E-state index in [2.05, 4.69) is 25.1 Å². The molecule has 4 rings (SSSR count). The third-order valence-electron chi connectivity index (χ3n) is 5.67. The molecule has 0 bridgehead atoms. The maximum Gasteiger partial charge on any atom is 0.267 e. The summed E-state index contributed by atoms with van der Waals surface area (Å²) in [4.78, 5) is 21.0. The van der Waals surface area contributed by atoms with E-state index in [1.807, 2.05) is 32.0 Å². The summed E-state index contributed by atoms with van der Waals surface area (Å²) in [7, 11) is -2.39. The Labute approximate surface area is 220 Å². The third kappa shape index (κ3) is 5.86. The van der Waals surface area contributed by atoms with Gasteiger partial charge >= 0.3 is 0 Å². The van der Waals surface area contributed by atoms with Crippen molar-refractivity contribution in [3.05, 3.63) is 77.1 Å². The molecule has 0 radical (unpaired) electrons. The molecule has 12 heteroatoms. The van der Waals surface area contributed by atoms with Crippen LogP contribution in [-0.4, -0.2) is 46.8 Å². The van der Waals surface area contributed by atoms with Gasteiger partial charge in [0.05, 0.1) is 18.4 Å². The van der Waals surface area contributed by atoms with Crippen LogP contribution in [0.4, 0.5) is 5.95 Å². The van der Waals surface area contributed by atoms with Crippen LogP contribution in [0.1, 0.15) is 27.0 Å². The topological polar surface area (TPSA) is 152 Å². The maximum atomic E-state index is 13.0. The van der Waals surface area contributed by atoms with Crippen LogP contribution in [0, 0.1) is 26.2 Å². The van der Waals surface area contributed by atoms with E-state index in [9.17, 15) is 13.2 Å². The van der Waals surface area contributed by atoms with Crippen LogP contribution in [0.25, 0.3) is 11.3 Å². The van der Waals surface area contributed by atoms with Crippen LogP contribution in [0.15, 0.2) is 59.8 Å². The highest BCUT2D eigenvalue weighted by atomic mass is 32.2. The zero-order chi connectivity index (χ0) is 27.4. The number of nitrogens with one attached hydrogen (secondary N) is 3. The van der Waals surface area contributed by atoms with Gasteiger partial charge in [0.1, 0.15) is 10.6 Å². The molecule has 0 saturated heterocycles. The zero-order valence-electron chi connectivity index (χ0n) is 21.3. The lowest BCUT2D eigenvalue weighted by Crippen LogP contribution is -2.24. The molecule has 0 unspecified atom stereocenters. The Balaban J connectivity index is 1.74. The highest BCUT2D eigenvalue weighted by Gasteiger charge is 2.20. The number of aromatic nitrogens is 4. The average Bonchev–Trinajstić information content (AvgIpc) is 3.31. The van der Waals surface area contributed by atoms with Crippen molar-refractivity contribution in [1.29, 1.82) is 5.41 Å². The Morgan fingerprint density at radius 1 is 1.08 bits per heavy atom. The SMILES string of the molecule is Cc1cc(C(=O)NCC=N)ccc1Oc1cc(-c2c(C)cccc2C)nc(NS(=O)(=O)c2cnn(C)c2)n1. The molecule has 38 heavy (non-hydrogen) atoms. The summed E-state index contributed by atoms with van der Waals surface area (Å²) in [5, 5.41) is 13.6. The largest absolute Gasteiger partial charge is 0.439 e. The second-order valence-corrected chi connectivity index (χ2v) is 10.3. The van der Waals surface area contributed by atoms with Crippen molar-refractivity contribution < 1.29 is 17.9 Å². The van der Waals surface area contributed by atoms with E-state index in [1.54, 1.807) is 38.2 Å². The molecule has 0 atom stereocenters. The normalized spacial score (nSPS) is 11.2. The summed E-state index contributed by atoms with van der Waals surface area (Å²) in [5.41, 5.74) is 4.29. The van der Waals surface area contributed by atoms with Crippen LogP contribution in [0.2, 0.25) is 0 Å². The quantitative estimate of drug-likeness (QED) is 0.277. The number of nitrogens with zero attached hydrogens (tertiary/aromatic N) is 4.